The Morgan fingerprint density at radius 1 is 0.446 bits per heavy atom. The number of anilines is 2. The van der Waals surface area contributed by atoms with Gasteiger partial charge in [-0.2, -0.15) is 0 Å². The molecule has 0 amide bonds. The van der Waals surface area contributed by atoms with Gasteiger partial charge in [-0.25, -0.2) is 0 Å². The van der Waals surface area contributed by atoms with E-state index in [2.05, 4.69) is 202 Å². The van der Waals surface area contributed by atoms with E-state index in [9.17, 15) is 0 Å². The van der Waals surface area contributed by atoms with Crippen LogP contribution in [0.15, 0.2) is 194 Å². The minimum absolute atomic E-state index is 0.894. The van der Waals surface area contributed by atoms with Crippen LogP contribution in [0.1, 0.15) is 12.8 Å². The van der Waals surface area contributed by atoms with Crippen molar-refractivity contribution in [2.45, 2.75) is 12.8 Å². The smallest absolute Gasteiger partial charge is 0.0637 e. The molecule has 8 aromatic carbocycles. The van der Waals surface area contributed by atoms with Gasteiger partial charge in [-0.3, -0.25) is 0 Å². The summed E-state index contributed by atoms with van der Waals surface area (Å²) in [6.45, 7) is 0. The molecule has 0 saturated carbocycles. The van der Waals surface area contributed by atoms with Gasteiger partial charge in [-0.15, -0.1) is 11.3 Å². The number of nitrogens with zero attached hydrogens (tertiary/aromatic N) is 3. The van der Waals surface area contributed by atoms with Crippen molar-refractivity contribution in [2.75, 3.05) is 4.90 Å². The van der Waals surface area contributed by atoms with Crippen molar-refractivity contribution >= 4 is 103 Å². The highest BCUT2D eigenvalue weighted by atomic mass is 32.1. The van der Waals surface area contributed by atoms with Crippen molar-refractivity contribution in [1.82, 2.24) is 9.13 Å². The van der Waals surface area contributed by atoms with Crippen LogP contribution in [-0.4, -0.2) is 9.13 Å². The first kappa shape index (κ1) is 31.5. The highest BCUT2D eigenvalue weighted by molar-refractivity contribution is 7.26. The van der Waals surface area contributed by atoms with Crippen molar-refractivity contribution in [3.05, 3.63) is 194 Å². The number of benzene rings is 8. The van der Waals surface area contributed by atoms with Crippen LogP contribution in [0, 0.1) is 0 Å². The van der Waals surface area contributed by atoms with Gasteiger partial charge in [0.05, 0.1) is 32.5 Å². The van der Waals surface area contributed by atoms with Gasteiger partial charge in [-0.05, 0) is 78.9 Å². The molecule has 56 heavy (non-hydrogen) atoms. The van der Waals surface area contributed by atoms with Gasteiger partial charge in [-0.1, -0.05) is 127 Å². The maximum atomic E-state index is 2.54. The van der Waals surface area contributed by atoms with E-state index in [4.69, 9.17) is 0 Å². The molecule has 0 atom stereocenters. The Hall–Kier alpha value is -6.88. The summed E-state index contributed by atoms with van der Waals surface area (Å²) in [4.78, 5) is 2.54. The maximum Gasteiger partial charge on any atom is 0.0637 e. The first-order valence-electron chi connectivity index (χ1n) is 19.4. The van der Waals surface area contributed by atoms with E-state index in [0.29, 0.717) is 0 Å². The zero-order chi connectivity index (χ0) is 36.7. The normalized spacial score (nSPS) is 13.4. The molecule has 0 N–H and O–H groups in total. The lowest BCUT2D eigenvalue weighted by Gasteiger charge is -2.31. The van der Waals surface area contributed by atoms with Crippen molar-refractivity contribution < 1.29 is 0 Å². The van der Waals surface area contributed by atoms with E-state index in [1.54, 1.807) is 0 Å². The fourth-order valence-electron chi connectivity index (χ4n) is 9.34. The quantitative estimate of drug-likeness (QED) is 0.172. The second-order valence-electron chi connectivity index (χ2n) is 14.8. The largest absolute Gasteiger partial charge is 0.313 e. The average Bonchev–Trinajstić information content (AvgIpc) is 3.93. The molecule has 264 valence electrons. The Morgan fingerprint density at radius 2 is 1.11 bits per heavy atom. The van der Waals surface area contributed by atoms with Gasteiger partial charge in [0.2, 0.25) is 0 Å². The van der Waals surface area contributed by atoms with Crippen LogP contribution in [-0.2, 0) is 0 Å². The minimum Gasteiger partial charge on any atom is -0.313 e. The molecule has 1 aliphatic rings. The summed E-state index contributed by atoms with van der Waals surface area (Å²) in [5, 5.41) is 10.3. The lowest BCUT2D eigenvalue weighted by atomic mass is 10.0. The Kier molecular flexibility index (Phi) is 6.92. The Bertz CT molecular complexity index is 3430. The molecule has 1 aliphatic carbocycles. The Labute approximate surface area is 327 Å². The Morgan fingerprint density at radius 3 is 1.93 bits per heavy atom. The highest BCUT2D eigenvalue weighted by Crippen LogP contribution is 2.46. The fourth-order valence-corrected chi connectivity index (χ4v) is 10.5. The second kappa shape index (κ2) is 12.3. The average molecular weight is 734 g/mol. The van der Waals surface area contributed by atoms with E-state index >= 15 is 0 Å². The summed E-state index contributed by atoms with van der Waals surface area (Å²) in [7, 11) is 0. The lowest BCUT2D eigenvalue weighted by Crippen LogP contribution is -2.18. The summed E-state index contributed by atoms with van der Waals surface area (Å²) < 4.78 is 7.57. The number of allylic oxidation sites excluding steroid dienone is 4. The third-order valence-electron chi connectivity index (χ3n) is 11.8. The topological polar surface area (TPSA) is 13.1 Å². The molecule has 3 heterocycles. The van der Waals surface area contributed by atoms with Crippen LogP contribution in [0.4, 0.5) is 11.4 Å². The van der Waals surface area contributed by atoms with Crippen LogP contribution < -0.4 is 4.90 Å². The van der Waals surface area contributed by atoms with Crippen LogP contribution in [0.5, 0.6) is 0 Å². The molecule has 3 nitrogen and oxygen atoms in total. The van der Waals surface area contributed by atoms with E-state index in [0.717, 1.165) is 24.2 Å². The van der Waals surface area contributed by atoms with E-state index in [1.807, 2.05) is 11.3 Å². The molecule has 12 rings (SSSR count). The van der Waals surface area contributed by atoms with Crippen molar-refractivity contribution in [3.8, 4) is 5.69 Å². The van der Waals surface area contributed by atoms with Crippen LogP contribution in [0.25, 0.3) is 85.9 Å². The van der Waals surface area contributed by atoms with Crippen LogP contribution >= 0.6 is 11.3 Å². The summed E-state index contributed by atoms with van der Waals surface area (Å²) >= 11 is 1.89. The number of hydrogen-bond donors (Lipinski definition) is 0. The molecule has 0 aliphatic heterocycles. The maximum absolute atomic E-state index is 2.54. The third-order valence-corrected chi connectivity index (χ3v) is 13.0. The number of aromatic nitrogens is 2. The second-order valence-corrected chi connectivity index (χ2v) is 15.9. The molecular formula is C52H35N3S. The number of rotatable bonds is 5. The van der Waals surface area contributed by atoms with Gasteiger partial charge >= 0.3 is 0 Å². The number of para-hydroxylation sites is 3. The van der Waals surface area contributed by atoms with Crippen molar-refractivity contribution in [3.63, 3.8) is 0 Å². The van der Waals surface area contributed by atoms with Gasteiger partial charge in [0.25, 0.3) is 0 Å². The summed E-state index contributed by atoms with van der Waals surface area (Å²) in [5.41, 5.74) is 11.1. The molecule has 0 spiro atoms. The SMILES string of the molecule is C1=C(N(c2ccc3c4ccccc4n(-c4ccccc4)c3c2)c2cccc3c2sc2ccccc23)CCC(n2c3ccccc3c3ccc4ccccc4c32)=C1. The number of fused-ring (bicyclic) bond motifs is 11. The lowest BCUT2D eigenvalue weighted by molar-refractivity contribution is 0.897. The van der Waals surface area contributed by atoms with Gasteiger partial charge in [0.15, 0.2) is 0 Å². The van der Waals surface area contributed by atoms with Crippen LogP contribution in [0.2, 0.25) is 0 Å². The standard InChI is InChI=1S/C52H35N3S/c1-2-14-35(15-3-1)54-46-21-9-6-17-40(46)42-32-30-38(33-49(42)54)53(48-23-12-20-45-43-19-8-11-24-50(43)56-52(45)48)36-26-28-37(29-27-36)55-47-22-10-7-18-41(47)44-31-25-34-13-4-5-16-39(34)51(44)55/h1-26,28,30-33H,27,29H2. The molecule has 0 fully saturated rings. The van der Waals surface area contributed by atoms with E-state index in [-0.39, 0.29) is 0 Å². The molecule has 0 unspecified atom stereocenters. The zero-order valence-corrected chi connectivity index (χ0v) is 31.4. The number of thiophene rings is 1. The molecule has 0 radical (unpaired) electrons. The third kappa shape index (κ3) is 4.63. The predicted molar refractivity (Wildman–Crippen MR) is 241 cm³/mol. The van der Waals surface area contributed by atoms with Gasteiger partial charge in [0.1, 0.15) is 0 Å². The molecule has 3 aromatic heterocycles. The van der Waals surface area contributed by atoms with E-state index in [1.165, 1.54) is 91.6 Å². The minimum atomic E-state index is 0.894. The molecule has 11 aromatic rings. The monoisotopic (exact) mass is 733 g/mol. The molecule has 0 saturated heterocycles. The van der Waals surface area contributed by atoms with Crippen molar-refractivity contribution in [1.29, 1.82) is 0 Å². The highest BCUT2D eigenvalue weighted by Gasteiger charge is 2.24. The first-order valence-corrected chi connectivity index (χ1v) is 20.2. The summed E-state index contributed by atoms with van der Waals surface area (Å²) in [6.07, 6.45) is 6.57. The Balaban J connectivity index is 1.10. The van der Waals surface area contributed by atoms with Gasteiger partial charge < -0.3 is 14.0 Å². The zero-order valence-electron chi connectivity index (χ0n) is 30.6. The van der Waals surface area contributed by atoms with Crippen molar-refractivity contribution in [2.24, 2.45) is 0 Å². The van der Waals surface area contributed by atoms with Gasteiger partial charge in [0, 0.05) is 65.2 Å². The molecular weight excluding hydrogens is 699 g/mol. The fraction of sp³-hybridized carbons (Fsp3) is 0.0385. The molecule has 4 heteroatoms. The first-order chi connectivity index (χ1) is 27.8. The predicted octanol–water partition coefficient (Wildman–Crippen LogP) is 14.8. The molecule has 0 bridgehead atoms. The van der Waals surface area contributed by atoms with Crippen LogP contribution in [0.3, 0.4) is 0 Å². The number of hydrogen-bond acceptors (Lipinski definition) is 2. The summed E-state index contributed by atoms with van der Waals surface area (Å²) in [5.74, 6) is 0. The van der Waals surface area contributed by atoms with E-state index < -0.39 is 0 Å². The summed E-state index contributed by atoms with van der Waals surface area (Å²) in [6, 6.07) is 64.5.